The highest BCUT2D eigenvalue weighted by Gasteiger charge is 2.23. The lowest BCUT2D eigenvalue weighted by atomic mass is 10.2. The van der Waals surface area contributed by atoms with Crippen LogP contribution in [0, 0.1) is 0 Å². The molecule has 1 saturated heterocycles. The Bertz CT molecular complexity index is 431. The van der Waals surface area contributed by atoms with E-state index < -0.39 is 0 Å². The molecule has 1 rings (SSSR count). The molecule has 2 N–H and O–H groups in total. The number of rotatable bonds is 8. The lowest BCUT2D eigenvalue weighted by Gasteiger charge is -2.26. The number of carbonyl (C=O) groups is 1. The molecule has 1 aliphatic heterocycles. The van der Waals surface area contributed by atoms with Crippen LogP contribution in [0.1, 0.15) is 33.6 Å². The molecule has 0 bridgehead atoms. The Labute approximate surface area is 175 Å². The van der Waals surface area contributed by atoms with Crippen molar-refractivity contribution in [3.63, 3.8) is 0 Å². The molecule has 1 aliphatic rings. The van der Waals surface area contributed by atoms with Crippen LogP contribution in [0.5, 0.6) is 0 Å². The SMILES string of the molecule is CCN1CCCC1CNC(=NCC(=O)N(C)C)NCC(C)(C)SC.I. The molecule has 0 radical (unpaired) electrons. The largest absolute Gasteiger partial charge is 0.355 e. The standard InChI is InChI=1S/C17H35N5OS.HI/c1-7-22-10-8-9-14(22)11-18-16(19-12-15(23)21(4)5)20-13-17(2,3)24-6;/h14H,7-13H2,1-6H3,(H2,18,19,20);1H. The van der Waals surface area contributed by atoms with Gasteiger partial charge >= 0.3 is 0 Å². The normalized spacial score (nSPS) is 18.6. The highest BCUT2D eigenvalue weighted by Crippen LogP contribution is 2.19. The zero-order valence-corrected chi connectivity index (χ0v) is 19.7. The first-order chi connectivity index (χ1) is 11.3. The fourth-order valence-corrected chi connectivity index (χ4v) is 2.80. The number of thioether (sulfide) groups is 1. The van der Waals surface area contributed by atoms with E-state index in [2.05, 4.69) is 47.6 Å². The first kappa shape index (κ1) is 24.8. The van der Waals surface area contributed by atoms with E-state index >= 15 is 0 Å². The molecular weight excluding hydrogens is 449 g/mol. The van der Waals surface area contributed by atoms with E-state index in [0.29, 0.717) is 6.04 Å². The molecule has 6 nitrogen and oxygen atoms in total. The Hall–Kier alpha value is -0.220. The van der Waals surface area contributed by atoms with Crippen molar-refractivity contribution in [1.29, 1.82) is 0 Å². The zero-order valence-electron chi connectivity index (χ0n) is 16.6. The number of nitrogens with zero attached hydrogens (tertiary/aromatic N) is 3. The zero-order chi connectivity index (χ0) is 18.2. The minimum absolute atomic E-state index is 0. The maximum Gasteiger partial charge on any atom is 0.243 e. The van der Waals surface area contributed by atoms with Crippen LogP contribution in [0.25, 0.3) is 0 Å². The summed E-state index contributed by atoms with van der Waals surface area (Å²) in [7, 11) is 3.51. The van der Waals surface area contributed by atoms with E-state index in [9.17, 15) is 4.79 Å². The van der Waals surface area contributed by atoms with Crippen LogP contribution in [-0.4, -0.2) is 85.5 Å². The van der Waals surface area contributed by atoms with Crippen LogP contribution < -0.4 is 10.6 Å². The average Bonchev–Trinajstić information content (AvgIpc) is 3.01. The molecule has 0 spiro atoms. The molecule has 148 valence electrons. The number of likely N-dealkylation sites (N-methyl/N-ethyl adjacent to an activating group) is 2. The van der Waals surface area contributed by atoms with Crippen molar-refractivity contribution < 1.29 is 4.79 Å². The molecule has 1 unspecified atom stereocenters. The van der Waals surface area contributed by atoms with Crippen molar-refractivity contribution in [3.05, 3.63) is 0 Å². The van der Waals surface area contributed by atoms with Gasteiger partial charge in [0, 0.05) is 38.0 Å². The highest BCUT2D eigenvalue weighted by atomic mass is 127. The van der Waals surface area contributed by atoms with Crippen molar-refractivity contribution in [2.24, 2.45) is 4.99 Å². The second kappa shape index (κ2) is 12.2. The predicted molar refractivity (Wildman–Crippen MR) is 120 cm³/mol. The van der Waals surface area contributed by atoms with Gasteiger partial charge in [-0.1, -0.05) is 6.92 Å². The molecule has 1 atom stereocenters. The van der Waals surface area contributed by atoms with Crippen molar-refractivity contribution in [1.82, 2.24) is 20.4 Å². The van der Waals surface area contributed by atoms with E-state index in [1.54, 1.807) is 19.0 Å². The maximum absolute atomic E-state index is 11.8. The molecule has 1 amide bonds. The van der Waals surface area contributed by atoms with Gasteiger partial charge in [0.15, 0.2) is 5.96 Å². The van der Waals surface area contributed by atoms with Crippen molar-refractivity contribution in [2.45, 2.75) is 44.4 Å². The van der Waals surface area contributed by atoms with Crippen molar-refractivity contribution >= 4 is 47.6 Å². The van der Waals surface area contributed by atoms with Gasteiger partial charge in [0.2, 0.25) is 5.91 Å². The topological polar surface area (TPSA) is 60.0 Å². The fraction of sp³-hybridized carbons (Fsp3) is 0.882. The summed E-state index contributed by atoms with van der Waals surface area (Å²) in [6.07, 6.45) is 4.60. The van der Waals surface area contributed by atoms with Crippen molar-refractivity contribution in [3.8, 4) is 0 Å². The Morgan fingerprint density at radius 2 is 2.04 bits per heavy atom. The number of halogens is 1. The predicted octanol–water partition coefficient (Wildman–Crippen LogP) is 1.85. The van der Waals surface area contributed by atoms with Crippen LogP contribution >= 0.6 is 35.7 Å². The second-order valence-corrected chi connectivity index (χ2v) is 8.59. The van der Waals surface area contributed by atoms with Crippen LogP contribution in [0.15, 0.2) is 4.99 Å². The smallest absolute Gasteiger partial charge is 0.243 e. The number of nitrogens with one attached hydrogen (secondary N) is 2. The summed E-state index contributed by atoms with van der Waals surface area (Å²) in [6.45, 7) is 10.7. The number of hydrogen-bond acceptors (Lipinski definition) is 4. The van der Waals surface area contributed by atoms with Crippen LogP contribution in [-0.2, 0) is 4.79 Å². The van der Waals surface area contributed by atoms with E-state index in [4.69, 9.17) is 0 Å². The van der Waals surface area contributed by atoms with Gasteiger partial charge < -0.3 is 15.5 Å². The van der Waals surface area contributed by atoms with Gasteiger partial charge in [-0.3, -0.25) is 9.69 Å². The van der Waals surface area contributed by atoms with E-state index in [1.165, 1.54) is 19.4 Å². The highest BCUT2D eigenvalue weighted by molar-refractivity contribution is 14.0. The Morgan fingerprint density at radius 3 is 2.60 bits per heavy atom. The van der Waals surface area contributed by atoms with Gasteiger partial charge in [-0.05, 0) is 46.0 Å². The molecule has 0 aromatic heterocycles. The molecule has 1 fully saturated rings. The maximum atomic E-state index is 11.8. The van der Waals surface area contributed by atoms with E-state index in [0.717, 1.165) is 25.6 Å². The summed E-state index contributed by atoms with van der Waals surface area (Å²) < 4.78 is 0.122. The number of amides is 1. The summed E-state index contributed by atoms with van der Waals surface area (Å²) in [5, 5.41) is 6.83. The molecule has 1 heterocycles. The molecule has 0 aliphatic carbocycles. The quantitative estimate of drug-likeness (QED) is 0.312. The number of guanidine groups is 1. The summed E-state index contributed by atoms with van der Waals surface area (Å²) in [6, 6.07) is 0.556. The number of aliphatic imine (C=N–C) groups is 1. The van der Waals surface area contributed by atoms with Gasteiger partial charge in [-0.15, -0.1) is 24.0 Å². The minimum Gasteiger partial charge on any atom is -0.355 e. The summed E-state index contributed by atoms with van der Waals surface area (Å²) >= 11 is 1.82. The van der Waals surface area contributed by atoms with Crippen molar-refractivity contribution in [2.75, 3.05) is 53.1 Å². The monoisotopic (exact) mass is 485 g/mol. The third-order valence-corrected chi connectivity index (χ3v) is 5.77. The Morgan fingerprint density at radius 1 is 1.36 bits per heavy atom. The molecule has 25 heavy (non-hydrogen) atoms. The molecule has 0 aromatic carbocycles. The average molecular weight is 485 g/mol. The first-order valence-corrected chi connectivity index (χ1v) is 10.0. The van der Waals surface area contributed by atoms with Gasteiger partial charge in [0.25, 0.3) is 0 Å². The Kier molecular flexibility index (Phi) is 12.1. The summed E-state index contributed by atoms with van der Waals surface area (Å²) in [5.41, 5.74) is 0. The molecule has 0 aromatic rings. The number of likely N-dealkylation sites (tertiary alicyclic amines) is 1. The third-order valence-electron chi connectivity index (χ3n) is 4.52. The number of hydrogen-bond donors (Lipinski definition) is 2. The lowest BCUT2D eigenvalue weighted by molar-refractivity contribution is -0.127. The van der Waals surface area contributed by atoms with Gasteiger partial charge in [-0.2, -0.15) is 11.8 Å². The van der Waals surface area contributed by atoms with Gasteiger partial charge in [-0.25, -0.2) is 4.99 Å². The summed E-state index contributed by atoms with van der Waals surface area (Å²) in [5.74, 6) is 0.742. The second-order valence-electron chi connectivity index (χ2n) is 7.08. The van der Waals surface area contributed by atoms with Gasteiger partial charge in [0.05, 0.1) is 0 Å². The molecular formula is C17H36IN5OS. The molecule has 8 heteroatoms. The first-order valence-electron chi connectivity index (χ1n) is 8.80. The lowest BCUT2D eigenvalue weighted by Crippen LogP contribution is -2.48. The van der Waals surface area contributed by atoms with Crippen LogP contribution in [0.3, 0.4) is 0 Å². The van der Waals surface area contributed by atoms with Crippen LogP contribution in [0.4, 0.5) is 0 Å². The Balaban J connectivity index is 0.00000576. The van der Waals surface area contributed by atoms with Gasteiger partial charge in [0.1, 0.15) is 6.54 Å². The number of carbonyl (C=O) groups excluding carboxylic acids is 1. The minimum atomic E-state index is 0. The van der Waals surface area contributed by atoms with E-state index in [-0.39, 0.29) is 41.2 Å². The molecule has 0 saturated carbocycles. The summed E-state index contributed by atoms with van der Waals surface area (Å²) in [4.78, 5) is 20.4. The van der Waals surface area contributed by atoms with E-state index in [1.807, 2.05) is 11.8 Å². The third kappa shape index (κ3) is 9.33. The van der Waals surface area contributed by atoms with Crippen LogP contribution in [0.2, 0.25) is 0 Å². The fourth-order valence-electron chi connectivity index (χ4n) is 2.59.